The van der Waals surface area contributed by atoms with Gasteiger partial charge in [-0.15, -0.1) is 0 Å². The van der Waals surface area contributed by atoms with Gasteiger partial charge in [-0.1, -0.05) is 12.1 Å². The van der Waals surface area contributed by atoms with Crippen molar-refractivity contribution in [2.45, 2.75) is 12.6 Å². The molecule has 2 rings (SSSR count). The number of rotatable bonds is 6. The van der Waals surface area contributed by atoms with E-state index in [0.29, 0.717) is 50.8 Å². The van der Waals surface area contributed by atoms with Crippen molar-refractivity contribution in [3.05, 3.63) is 30.1 Å². The summed E-state index contributed by atoms with van der Waals surface area (Å²) < 4.78 is 54.4. The number of hydrogen-bond donors (Lipinski definition) is 1. The zero-order chi connectivity index (χ0) is 19.0. The first-order valence-electron chi connectivity index (χ1n) is 8.50. The minimum Gasteiger partial charge on any atom is -0.372 e. The van der Waals surface area contributed by atoms with Crippen molar-refractivity contribution in [1.29, 1.82) is 0 Å². The molecule has 1 N–H and O–H groups in total. The molecule has 0 atom stereocenters. The Kier molecular flexibility index (Phi) is 7.50. The van der Waals surface area contributed by atoms with Crippen LogP contribution in [-0.2, 0) is 4.74 Å². The van der Waals surface area contributed by atoms with Crippen LogP contribution in [0.25, 0.3) is 0 Å². The molecule has 1 aromatic rings. The summed E-state index contributed by atoms with van der Waals surface area (Å²) in [5, 5.41) is 3.12. The van der Waals surface area contributed by atoms with Gasteiger partial charge >= 0.3 is 6.18 Å². The molecule has 5 nitrogen and oxygen atoms in total. The highest BCUT2D eigenvalue weighted by Gasteiger charge is 2.27. The van der Waals surface area contributed by atoms with E-state index in [2.05, 4.69) is 15.0 Å². The van der Waals surface area contributed by atoms with Crippen molar-refractivity contribution >= 4 is 11.6 Å². The first-order valence-corrected chi connectivity index (χ1v) is 8.50. The van der Waals surface area contributed by atoms with Gasteiger partial charge in [0.25, 0.3) is 0 Å². The fourth-order valence-electron chi connectivity index (χ4n) is 2.76. The Balaban J connectivity index is 1.71. The molecule has 9 heteroatoms. The van der Waals surface area contributed by atoms with Crippen molar-refractivity contribution in [3.8, 4) is 0 Å². The fraction of sp³-hybridized carbons (Fsp3) is 0.588. The van der Waals surface area contributed by atoms with Crippen LogP contribution in [0.5, 0.6) is 0 Å². The highest BCUT2D eigenvalue weighted by Crippen LogP contribution is 2.20. The molecule has 0 unspecified atom stereocenters. The lowest BCUT2D eigenvalue weighted by Gasteiger charge is -2.37. The molecule has 146 valence electrons. The molecule has 0 spiro atoms. The van der Waals surface area contributed by atoms with Gasteiger partial charge in [-0.3, -0.25) is 4.99 Å². The Morgan fingerprint density at radius 3 is 2.50 bits per heavy atom. The van der Waals surface area contributed by atoms with Gasteiger partial charge in [-0.25, -0.2) is 4.39 Å². The number of para-hydroxylation sites is 1. The van der Waals surface area contributed by atoms with Gasteiger partial charge < -0.3 is 19.9 Å². The van der Waals surface area contributed by atoms with Crippen molar-refractivity contribution in [3.63, 3.8) is 0 Å². The van der Waals surface area contributed by atoms with Crippen LogP contribution in [0, 0.1) is 5.82 Å². The predicted octanol–water partition coefficient (Wildman–Crippen LogP) is 2.49. The zero-order valence-electron chi connectivity index (χ0n) is 14.7. The summed E-state index contributed by atoms with van der Waals surface area (Å²) in [7, 11) is 1.66. The van der Waals surface area contributed by atoms with E-state index in [1.54, 1.807) is 19.2 Å². The van der Waals surface area contributed by atoms with Gasteiger partial charge in [0.1, 0.15) is 12.4 Å². The number of alkyl halides is 3. The number of nitrogens with zero attached hydrogens (tertiary/aromatic N) is 3. The predicted molar refractivity (Wildman–Crippen MR) is 93.0 cm³/mol. The number of ether oxygens (including phenoxy) is 1. The van der Waals surface area contributed by atoms with Crippen LogP contribution in [0.1, 0.15) is 6.42 Å². The van der Waals surface area contributed by atoms with Gasteiger partial charge in [-0.2, -0.15) is 13.2 Å². The number of hydrogen-bond acceptors (Lipinski definition) is 3. The SMILES string of the molecule is CN=C(NCCCOCC(F)(F)F)N1CCN(c2ccccc2F)CC1. The van der Waals surface area contributed by atoms with Crippen LogP contribution < -0.4 is 10.2 Å². The second kappa shape index (κ2) is 9.61. The van der Waals surface area contributed by atoms with Crippen LogP contribution in [0.2, 0.25) is 0 Å². The molecule has 0 aliphatic carbocycles. The molecule has 26 heavy (non-hydrogen) atoms. The second-order valence-electron chi connectivity index (χ2n) is 5.92. The topological polar surface area (TPSA) is 40.1 Å². The average molecular weight is 376 g/mol. The molecule has 0 amide bonds. The molecule has 1 aromatic carbocycles. The summed E-state index contributed by atoms with van der Waals surface area (Å²) in [5.74, 6) is 0.455. The van der Waals surface area contributed by atoms with Crippen LogP contribution >= 0.6 is 0 Å². The number of halogens is 4. The highest BCUT2D eigenvalue weighted by atomic mass is 19.4. The van der Waals surface area contributed by atoms with E-state index in [4.69, 9.17) is 0 Å². The molecular formula is C17H24F4N4O. The maximum atomic E-state index is 13.9. The lowest BCUT2D eigenvalue weighted by Crippen LogP contribution is -2.52. The van der Waals surface area contributed by atoms with E-state index < -0.39 is 12.8 Å². The summed E-state index contributed by atoms with van der Waals surface area (Å²) in [5.41, 5.74) is 0.594. The third kappa shape index (κ3) is 6.36. The highest BCUT2D eigenvalue weighted by molar-refractivity contribution is 5.80. The normalized spacial score (nSPS) is 16.1. The monoisotopic (exact) mass is 376 g/mol. The second-order valence-corrected chi connectivity index (χ2v) is 5.92. The van der Waals surface area contributed by atoms with Crippen molar-refractivity contribution < 1.29 is 22.3 Å². The molecule has 0 radical (unpaired) electrons. The third-order valence-corrected chi connectivity index (χ3v) is 4.00. The first-order chi connectivity index (χ1) is 12.4. The Hall–Kier alpha value is -2.03. The Morgan fingerprint density at radius 2 is 1.88 bits per heavy atom. The van der Waals surface area contributed by atoms with E-state index in [-0.39, 0.29) is 12.4 Å². The van der Waals surface area contributed by atoms with E-state index in [9.17, 15) is 17.6 Å². The van der Waals surface area contributed by atoms with E-state index in [1.807, 2.05) is 15.9 Å². The molecular weight excluding hydrogens is 352 g/mol. The lowest BCUT2D eigenvalue weighted by molar-refractivity contribution is -0.173. The molecule has 0 bridgehead atoms. The smallest absolute Gasteiger partial charge is 0.372 e. The summed E-state index contributed by atoms with van der Waals surface area (Å²) in [6, 6.07) is 6.69. The van der Waals surface area contributed by atoms with Gasteiger partial charge in [0, 0.05) is 46.4 Å². The van der Waals surface area contributed by atoms with Crippen LogP contribution in [-0.4, -0.2) is 70.0 Å². The fourth-order valence-corrected chi connectivity index (χ4v) is 2.76. The molecule has 1 saturated heterocycles. The first kappa shape index (κ1) is 20.3. The number of nitrogens with one attached hydrogen (secondary N) is 1. The zero-order valence-corrected chi connectivity index (χ0v) is 14.7. The van der Waals surface area contributed by atoms with Crippen LogP contribution in [0.4, 0.5) is 23.2 Å². The lowest BCUT2D eigenvalue weighted by atomic mass is 10.2. The van der Waals surface area contributed by atoms with Crippen molar-refractivity contribution in [1.82, 2.24) is 10.2 Å². The number of anilines is 1. The van der Waals surface area contributed by atoms with Crippen molar-refractivity contribution in [2.75, 3.05) is 57.9 Å². The molecule has 0 aromatic heterocycles. The summed E-state index contributed by atoms with van der Waals surface area (Å²) in [6.45, 7) is 1.96. The quantitative estimate of drug-likeness (QED) is 0.358. The van der Waals surface area contributed by atoms with E-state index in [1.165, 1.54) is 6.07 Å². The number of aliphatic imine (C=N–C) groups is 1. The van der Waals surface area contributed by atoms with Crippen LogP contribution in [0.3, 0.4) is 0 Å². The molecule has 1 aliphatic rings. The van der Waals surface area contributed by atoms with Gasteiger partial charge in [-0.05, 0) is 18.6 Å². The summed E-state index contributed by atoms with van der Waals surface area (Å²) in [6.07, 6.45) is -3.84. The maximum absolute atomic E-state index is 13.9. The Labute approximate surface area is 150 Å². The number of benzene rings is 1. The third-order valence-electron chi connectivity index (χ3n) is 4.00. The van der Waals surface area contributed by atoms with E-state index in [0.717, 1.165) is 0 Å². The largest absolute Gasteiger partial charge is 0.411 e. The van der Waals surface area contributed by atoms with Gasteiger partial charge in [0.05, 0.1) is 5.69 Å². The van der Waals surface area contributed by atoms with Crippen LogP contribution in [0.15, 0.2) is 29.3 Å². The average Bonchev–Trinajstić information content (AvgIpc) is 2.61. The van der Waals surface area contributed by atoms with Gasteiger partial charge in [0.15, 0.2) is 5.96 Å². The van der Waals surface area contributed by atoms with Gasteiger partial charge in [0.2, 0.25) is 0 Å². The maximum Gasteiger partial charge on any atom is 0.411 e. The molecule has 1 aliphatic heterocycles. The molecule has 1 heterocycles. The van der Waals surface area contributed by atoms with E-state index >= 15 is 0 Å². The standard InChI is InChI=1S/C17H24F4N4O/c1-22-16(23-7-4-12-26-13-17(19,20)21)25-10-8-24(9-11-25)15-6-3-2-5-14(15)18/h2-3,5-6H,4,7-13H2,1H3,(H,22,23). The molecule has 1 fully saturated rings. The number of piperazine rings is 1. The minimum absolute atomic E-state index is 0.0323. The summed E-state index contributed by atoms with van der Waals surface area (Å²) in [4.78, 5) is 8.24. The Bertz CT molecular complexity index is 586. The summed E-state index contributed by atoms with van der Waals surface area (Å²) >= 11 is 0. The molecule has 0 saturated carbocycles. The van der Waals surface area contributed by atoms with Crippen molar-refractivity contribution in [2.24, 2.45) is 4.99 Å². The Morgan fingerprint density at radius 1 is 1.19 bits per heavy atom. The minimum atomic E-state index is -4.29. The number of guanidine groups is 1.